The largest absolute Gasteiger partial charge is 0.321 e. The molecule has 4 aromatic rings. The van der Waals surface area contributed by atoms with Crippen LogP contribution in [-0.2, 0) is 0 Å². The van der Waals surface area contributed by atoms with E-state index in [0.717, 1.165) is 32.4 Å². The number of carbonyl (C=O) groups excluding carboxylic acids is 1. The molecule has 5 heteroatoms. The number of fused-ring (bicyclic) bond motifs is 2. The lowest BCUT2D eigenvalue weighted by Gasteiger charge is -2.08. The highest BCUT2D eigenvalue weighted by molar-refractivity contribution is 7.20. The van der Waals surface area contributed by atoms with Gasteiger partial charge in [0.2, 0.25) is 0 Å². The quantitative estimate of drug-likeness (QED) is 0.505. The minimum Gasteiger partial charge on any atom is -0.321 e. The van der Waals surface area contributed by atoms with Gasteiger partial charge in [0.05, 0.1) is 10.4 Å². The highest BCUT2D eigenvalue weighted by Crippen LogP contribution is 2.29. The van der Waals surface area contributed by atoms with Gasteiger partial charge in [0.1, 0.15) is 4.83 Å². The second kappa shape index (κ2) is 5.89. The van der Waals surface area contributed by atoms with E-state index in [1.54, 1.807) is 0 Å². The lowest BCUT2D eigenvalue weighted by molar-refractivity contribution is 0.103. The number of hydrogen-bond acceptors (Lipinski definition) is 3. The summed E-state index contributed by atoms with van der Waals surface area (Å²) in [6.45, 7) is 1.89. The van der Waals surface area contributed by atoms with E-state index < -0.39 is 0 Å². The minimum atomic E-state index is -0.146. The molecule has 0 unspecified atom stereocenters. The fourth-order valence-corrected chi connectivity index (χ4v) is 3.71. The third-order valence-electron chi connectivity index (χ3n) is 3.95. The van der Waals surface area contributed by atoms with Crippen molar-refractivity contribution in [3.63, 3.8) is 0 Å². The summed E-state index contributed by atoms with van der Waals surface area (Å²) in [5, 5.41) is 5.61. The zero-order valence-corrected chi connectivity index (χ0v) is 14.4. The van der Waals surface area contributed by atoms with E-state index in [0.29, 0.717) is 9.90 Å². The smallest absolute Gasteiger partial charge is 0.265 e. The first-order valence-corrected chi connectivity index (χ1v) is 8.67. The van der Waals surface area contributed by atoms with Gasteiger partial charge in [0.25, 0.3) is 5.91 Å². The second-order valence-electron chi connectivity index (χ2n) is 5.55. The van der Waals surface area contributed by atoms with Crippen molar-refractivity contribution in [1.29, 1.82) is 0 Å². The summed E-state index contributed by atoms with van der Waals surface area (Å²) in [6, 6.07) is 17.4. The zero-order valence-electron chi connectivity index (χ0n) is 12.8. The van der Waals surface area contributed by atoms with Gasteiger partial charge in [-0.3, -0.25) is 4.79 Å². The number of carbonyl (C=O) groups is 1. The maximum absolute atomic E-state index is 12.6. The monoisotopic (exact) mass is 352 g/mol. The van der Waals surface area contributed by atoms with Crippen molar-refractivity contribution >= 4 is 55.7 Å². The van der Waals surface area contributed by atoms with Gasteiger partial charge in [-0.25, -0.2) is 4.98 Å². The molecular formula is C19H13ClN2OS. The summed E-state index contributed by atoms with van der Waals surface area (Å²) in [7, 11) is 0. The van der Waals surface area contributed by atoms with E-state index in [9.17, 15) is 4.79 Å². The van der Waals surface area contributed by atoms with E-state index >= 15 is 0 Å². The molecule has 0 fully saturated rings. The fraction of sp³-hybridized carbons (Fsp3) is 0.0526. The number of hydrogen-bond donors (Lipinski definition) is 1. The first-order valence-electron chi connectivity index (χ1n) is 7.47. The number of anilines is 1. The molecule has 1 amide bonds. The van der Waals surface area contributed by atoms with Crippen molar-refractivity contribution in [2.75, 3.05) is 5.32 Å². The fourth-order valence-electron chi connectivity index (χ4n) is 2.61. The van der Waals surface area contributed by atoms with Crippen LogP contribution in [0, 0.1) is 6.92 Å². The number of halogens is 1. The van der Waals surface area contributed by atoms with Gasteiger partial charge < -0.3 is 5.32 Å². The Hall–Kier alpha value is -2.43. The Balaban J connectivity index is 1.71. The average Bonchev–Trinajstić information content (AvgIpc) is 2.99. The van der Waals surface area contributed by atoms with Crippen molar-refractivity contribution in [3.05, 3.63) is 70.1 Å². The highest BCUT2D eigenvalue weighted by Gasteiger charge is 2.13. The molecule has 1 N–H and O–H groups in total. The molecule has 0 atom stereocenters. The Morgan fingerprint density at radius 3 is 2.79 bits per heavy atom. The Kier molecular flexibility index (Phi) is 3.71. The Bertz CT molecular complexity index is 1030. The van der Waals surface area contributed by atoms with Gasteiger partial charge in [-0.15, -0.1) is 11.3 Å². The summed E-state index contributed by atoms with van der Waals surface area (Å²) in [5.41, 5.74) is 2.52. The van der Waals surface area contributed by atoms with Crippen LogP contribution in [-0.4, -0.2) is 10.9 Å². The molecule has 0 aliphatic carbocycles. The van der Waals surface area contributed by atoms with Crippen LogP contribution in [0.15, 0.2) is 54.6 Å². The third kappa shape index (κ3) is 2.64. The summed E-state index contributed by atoms with van der Waals surface area (Å²) in [6.07, 6.45) is 0. The molecule has 2 aromatic heterocycles. The summed E-state index contributed by atoms with van der Waals surface area (Å²) < 4.78 is 0. The molecule has 4 rings (SSSR count). The van der Waals surface area contributed by atoms with Crippen LogP contribution in [0.3, 0.4) is 0 Å². The van der Waals surface area contributed by atoms with E-state index in [4.69, 9.17) is 11.6 Å². The van der Waals surface area contributed by atoms with Crippen molar-refractivity contribution in [1.82, 2.24) is 4.98 Å². The number of pyridine rings is 1. The molecule has 118 valence electrons. The SMILES string of the molecule is Cc1c(Cl)cccc1NC(=O)c1cc2cc3ccccc3nc2s1. The summed E-state index contributed by atoms with van der Waals surface area (Å²) >= 11 is 7.50. The molecule has 24 heavy (non-hydrogen) atoms. The molecule has 2 heterocycles. The number of rotatable bonds is 2. The highest BCUT2D eigenvalue weighted by atomic mass is 35.5. The van der Waals surface area contributed by atoms with E-state index in [1.807, 2.05) is 55.5 Å². The lowest BCUT2D eigenvalue weighted by Crippen LogP contribution is -2.11. The van der Waals surface area contributed by atoms with Crippen molar-refractivity contribution in [3.8, 4) is 0 Å². The first kappa shape index (κ1) is 15.1. The number of aromatic nitrogens is 1. The lowest BCUT2D eigenvalue weighted by atomic mass is 10.2. The molecule has 0 aliphatic rings. The average molecular weight is 353 g/mol. The van der Waals surface area contributed by atoms with E-state index in [2.05, 4.69) is 16.4 Å². The number of nitrogens with zero attached hydrogens (tertiary/aromatic N) is 1. The van der Waals surface area contributed by atoms with Gasteiger partial charge in [-0.05, 0) is 42.8 Å². The molecule has 0 saturated heterocycles. The van der Waals surface area contributed by atoms with E-state index in [1.165, 1.54) is 11.3 Å². The second-order valence-corrected chi connectivity index (χ2v) is 6.99. The molecule has 0 aliphatic heterocycles. The predicted molar refractivity (Wildman–Crippen MR) is 101 cm³/mol. The Morgan fingerprint density at radius 2 is 1.92 bits per heavy atom. The van der Waals surface area contributed by atoms with Gasteiger partial charge in [0.15, 0.2) is 0 Å². The maximum atomic E-state index is 12.6. The van der Waals surface area contributed by atoms with Gasteiger partial charge >= 0.3 is 0 Å². The van der Waals surface area contributed by atoms with Crippen LogP contribution < -0.4 is 5.32 Å². The molecule has 3 nitrogen and oxygen atoms in total. The molecule has 0 saturated carbocycles. The van der Waals surface area contributed by atoms with Crippen LogP contribution in [0.1, 0.15) is 15.2 Å². The van der Waals surface area contributed by atoms with Crippen LogP contribution in [0.4, 0.5) is 5.69 Å². The Labute approximate surface area is 147 Å². The van der Waals surface area contributed by atoms with Crippen LogP contribution in [0.2, 0.25) is 5.02 Å². The summed E-state index contributed by atoms with van der Waals surface area (Å²) in [4.78, 5) is 18.7. The molecule has 0 spiro atoms. The molecule has 0 radical (unpaired) electrons. The van der Waals surface area contributed by atoms with Crippen LogP contribution in [0.5, 0.6) is 0 Å². The number of nitrogens with one attached hydrogen (secondary N) is 1. The van der Waals surface area contributed by atoms with E-state index in [-0.39, 0.29) is 5.91 Å². The Morgan fingerprint density at radius 1 is 1.08 bits per heavy atom. The van der Waals surface area contributed by atoms with Gasteiger partial charge in [-0.1, -0.05) is 35.9 Å². The zero-order chi connectivity index (χ0) is 16.7. The predicted octanol–water partition coefficient (Wildman–Crippen LogP) is 5.66. The number of amides is 1. The molecule has 0 bridgehead atoms. The maximum Gasteiger partial charge on any atom is 0.265 e. The number of benzene rings is 2. The van der Waals surface area contributed by atoms with Crippen molar-refractivity contribution in [2.24, 2.45) is 0 Å². The van der Waals surface area contributed by atoms with Crippen LogP contribution in [0.25, 0.3) is 21.1 Å². The van der Waals surface area contributed by atoms with Gasteiger partial charge in [-0.2, -0.15) is 0 Å². The van der Waals surface area contributed by atoms with Crippen LogP contribution >= 0.6 is 22.9 Å². The molecule has 2 aromatic carbocycles. The number of thiophene rings is 1. The standard InChI is InChI=1S/C19H13ClN2OS/c1-11-14(20)6-4-8-15(11)21-18(23)17-10-13-9-12-5-2-3-7-16(12)22-19(13)24-17/h2-10H,1H3,(H,21,23). The molecular weight excluding hydrogens is 340 g/mol. The van der Waals surface area contributed by atoms with Crippen molar-refractivity contribution < 1.29 is 4.79 Å². The third-order valence-corrected chi connectivity index (χ3v) is 5.40. The minimum absolute atomic E-state index is 0.146. The summed E-state index contributed by atoms with van der Waals surface area (Å²) in [5.74, 6) is -0.146. The normalized spacial score (nSPS) is 11.1. The topological polar surface area (TPSA) is 42.0 Å². The number of para-hydroxylation sites is 1. The first-order chi connectivity index (χ1) is 11.6. The van der Waals surface area contributed by atoms with Crippen molar-refractivity contribution in [2.45, 2.75) is 6.92 Å². The van der Waals surface area contributed by atoms with Gasteiger partial charge in [0, 0.05) is 21.5 Å².